The van der Waals surface area contributed by atoms with Gasteiger partial charge in [-0.1, -0.05) is 48.5 Å². The maximum absolute atomic E-state index is 5.44. The Labute approximate surface area is 339 Å². The van der Waals surface area contributed by atoms with E-state index in [2.05, 4.69) is 175 Å². The zero-order valence-electron chi connectivity index (χ0n) is 30.4. The van der Waals surface area contributed by atoms with E-state index >= 15 is 0 Å². The highest BCUT2D eigenvalue weighted by molar-refractivity contribution is 7.99. The second-order valence-electron chi connectivity index (χ2n) is 13.2. The fourth-order valence-corrected chi connectivity index (χ4v) is 8.70. The highest BCUT2D eigenvalue weighted by Gasteiger charge is 2.19. The van der Waals surface area contributed by atoms with Crippen LogP contribution in [0.5, 0.6) is 0 Å². The number of nitrogens with one attached hydrogen (secondary N) is 2. The minimum absolute atomic E-state index is 0.883. The third-order valence-electron chi connectivity index (χ3n) is 10.0. The lowest BCUT2D eigenvalue weighted by Crippen LogP contribution is -1.90. The molecular weight excluding hydrogens is 749 g/mol. The van der Waals surface area contributed by atoms with Gasteiger partial charge in [-0.2, -0.15) is 0 Å². The Morgan fingerprint density at radius 1 is 0.364 bits per heavy atom. The number of benzene rings is 4. The summed E-state index contributed by atoms with van der Waals surface area (Å²) in [6.45, 7) is 0. The number of thiol groups is 1. The standard InChI is InChI=1S/C47H36N4S4/c1-53-33-14-6-29(7-15-33)45-38-22-20-36(48-38)44(28-4-12-32(52)13-5-28)37-21-23-39(49-37)46(30-8-16-34(54-2)17-9-30)41-25-27-43(51-41)47(42-26-24-40(45)50-42)31-10-18-35(55-3)19-11-31/h4-27,48,51-52H,1-3H3. The van der Waals surface area contributed by atoms with E-state index in [0.717, 1.165) is 94.2 Å². The first kappa shape index (κ1) is 35.6. The molecule has 0 unspecified atom stereocenters. The van der Waals surface area contributed by atoms with Crippen molar-refractivity contribution >= 4 is 94.3 Å². The molecule has 4 aromatic carbocycles. The molecule has 0 saturated carbocycles. The summed E-state index contributed by atoms with van der Waals surface area (Å²) in [5.74, 6) is 0. The molecule has 7 aromatic rings. The van der Waals surface area contributed by atoms with Gasteiger partial charge in [0.05, 0.1) is 22.8 Å². The molecule has 8 heteroatoms. The molecule has 0 spiro atoms. The van der Waals surface area contributed by atoms with Crippen LogP contribution in [0, 0.1) is 0 Å². The van der Waals surface area contributed by atoms with Gasteiger partial charge >= 0.3 is 0 Å². The number of aromatic amines is 2. The van der Waals surface area contributed by atoms with Crippen LogP contribution in [-0.4, -0.2) is 38.7 Å². The van der Waals surface area contributed by atoms with Gasteiger partial charge in [0.1, 0.15) is 0 Å². The minimum Gasteiger partial charge on any atom is -0.354 e. The van der Waals surface area contributed by atoms with Crippen molar-refractivity contribution < 1.29 is 0 Å². The van der Waals surface area contributed by atoms with E-state index in [1.807, 2.05) is 12.1 Å². The van der Waals surface area contributed by atoms with Gasteiger partial charge in [-0.15, -0.1) is 47.9 Å². The van der Waals surface area contributed by atoms with Crippen LogP contribution in [-0.2, 0) is 0 Å². The maximum Gasteiger partial charge on any atom is 0.0737 e. The van der Waals surface area contributed by atoms with Crippen LogP contribution in [0.2, 0.25) is 0 Å². The number of aromatic nitrogens is 4. The lowest BCUT2D eigenvalue weighted by Gasteiger charge is -2.08. The zero-order chi connectivity index (χ0) is 37.5. The molecule has 2 aliphatic heterocycles. The van der Waals surface area contributed by atoms with E-state index in [4.69, 9.17) is 9.97 Å². The topological polar surface area (TPSA) is 57.4 Å². The minimum atomic E-state index is 0.883. The van der Waals surface area contributed by atoms with Crippen molar-refractivity contribution in [2.75, 3.05) is 18.8 Å². The molecule has 3 aromatic heterocycles. The summed E-state index contributed by atoms with van der Waals surface area (Å²) in [6.07, 6.45) is 14.9. The molecule has 268 valence electrons. The molecule has 55 heavy (non-hydrogen) atoms. The first-order valence-electron chi connectivity index (χ1n) is 17.9. The Morgan fingerprint density at radius 2 is 0.618 bits per heavy atom. The van der Waals surface area contributed by atoms with Gasteiger partial charge in [-0.05, 0) is 138 Å². The highest BCUT2D eigenvalue weighted by Crippen LogP contribution is 2.39. The maximum atomic E-state index is 5.44. The van der Waals surface area contributed by atoms with Gasteiger partial charge in [0.2, 0.25) is 0 Å². The van der Waals surface area contributed by atoms with Crippen molar-refractivity contribution in [3.8, 4) is 44.5 Å². The van der Waals surface area contributed by atoms with Crippen molar-refractivity contribution in [1.29, 1.82) is 0 Å². The molecule has 8 bridgehead atoms. The Balaban J connectivity index is 1.44. The summed E-state index contributed by atoms with van der Waals surface area (Å²) in [7, 11) is 0. The van der Waals surface area contributed by atoms with E-state index in [0.29, 0.717) is 0 Å². The number of hydrogen-bond acceptors (Lipinski definition) is 6. The van der Waals surface area contributed by atoms with Crippen molar-refractivity contribution in [2.45, 2.75) is 19.6 Å². The number of H-pyrrole nitrogens is 2. The fraction of sp³-hybridized carbons (Fsp3) is 0.0638. The molecule has 0 amide bonds. The van der Waals surface area contributed by atoms with Gasteiger partial charge in [-0.3, -0.25) is 0 Å². The number of hydrogen-bond donors (Lipinski definition) is 3. The lowest BCUT2D eigenvalue weighted by molar-refractivity contribution is 1.30. The quantitative estimate of drug-likeness (QED) is 0.111. The second-order valence-corrected chi connectivity index (χ2v) is 16.4. The molecule has 0 radical (unpaired) electrons. The van der Waals surface area contributed by atoms with Crippen LogP contribution in [0.25, 0.3) is 90.9 Å². The largest absolute Gasteiger partial charge is 0.354 e. The average molecular weight is 785 g/mol. The van der Waals surface area contributed by atoms with Crippen molar-refractivity contribution in [3.05, 3.63) is 144 Å². The van der Waals surface area contributed by atoms with E-state index in [9.17, 15) is 0 Å². The normalized spacial score (nSPS) is 12.1. The zero-order valence-corrected chi connectivity index (χ0v) is 33.8. The molecule has 4 nitrogen and oxygen atoms in total. The molecule has 2 N–H and O–H groups in total. The van der Waals surface area contributed by atoms with Crippen molar-refractivity contribution in [3.63, 3.8) is 0 Å². The Morgan fingerprint density at radius 3 is 0.873 bits per heavy atom. The predicted molar refractivity (Wildman–Crippen MR) is 243 cm³/mol. The first-order chi connectivity index (χ1) is 27.0. The van der Waals surface area contributed by atoms with Crippen LogP contribution >= 0.6 is 47.9 Å². The van der Waals surface area contributed by atoms with Crippen LogP contribution in [0.15, 0.2) is 141 Å². The van der Waals surface area contributed by atoms with E-state index < -0.39 is 0 Å². The summed E-state index contributed by atoms with van der Waals surface area (Å²) in [5.41, 5.74) is 15.9. The van der Waals surface area contributed by atoms with Crippen LogP contribution in [0.4, 0.5) is 0 Å². The molecule has 0 saturated heterocycles. The number of nitrogens with zero attached hydrogens (tertiary/aromatic N) is 2. The average Bonchev–Trinajstić information content (AvgIpc) is 4.07. The van der Waals surface area contributed by atoms with E-state index in [1.165, 1.54) is 14.7 Å². The molecule has 9 rings (SSSR count). The summed E-state index contributed by atoms with van der Waals surface area (Å²) in [6, 6.07) is 43.3. The Kier molecular flexibility index (Phi) is 9.83. The summed E-state index contributed by atoms with van der Waals surface area (Å²) in [4.78, 5) is 23.1. The summed E-state index contributed by atoms with van der Waals surface area (Å²) < 4.78 is 0. The first-order valence-corrected chi connectivity index (χ1v) is 22.0. The summed E-state index contributed by atoms with van der Waals surface area (Å²) in [5, 5.41) is 0. The highest BCUT2D eigenvalue weighted by atomic mass is 32.2. The number of thioether (sulfide) groups is 3. The second kappa shape index (κ2) is 15.2. The molecular formula is C47H36N4S4. The Hall–Kier alpha value is -5.12. The van der Waals surface area contributed by atoms with Gasteiger partial charge in [0.25, 0.3) is 0 Å². The fourth-order valence-electron chi connectivity index (χ4n) is 7.32. The van der Waals surface area contributed by atoms with Gasteiger partial charge in [0.15, 0.2) is 0 Å². The molecule has 0 atom stereocenters. The van der Waals surface area contributed by atoms with E-state index in [1.54, 1.807) is 35.3 Å². The van der Waals surface area contributed by atoms with Crippen LogP contribution in [0.3, 0.4) is 0 Å². The molecule has 0 fully saturated rings. The van der Waals surface area contributed by atoms with Crippen molar-refractivity contribution in [2.24, 2.45) is 0 Å². The van der Waals surface area contributed by atoms with Gasteiger partial charge in [0, 0.05) is 63.9 Å². The SMILES string of the molecule is CSc1ccc(-c2c3nc(c(-c4ccc(SC)cc4)c4ccc([nH]4)c(-c4ccc(SC)cc4)c4nc(c(-c5ccc(S)cc5)c5ccc2[nH]5)C=C4)C=C3)cc1. The Bertz CT molecular complexity index is 2750. The van der Waals surface area contributed by atoms with Crippen LogP contribution in [0.1, 0.15) is 22.8 Å². The van der Waals surface area contributed by atoms with Crippen molar-refractivity contribution in [1.82, 2.24) is 19.9 Å². The summed E-state index contributed by atoms with van der Waals surface area (Å²) >= 11 is 9.83. The smallest absolute Gasteiger partial charge is 0.0737 e. The molecule has 5 heterocycles. The van der Waals surface area contributed by atoms with Gasteiger partial charge in [-0.25, -0.2) is 9.97 Å². The van der Waals surface area contributed by atoms with E-state index in [-0.39, 0.29) is 0 Å². The third-order valence-corrected chi connectivity index (χ3v) is 12.6. The number of fused-ring (bicyclic) bond motifs is 8. The molecule has 2 aliphatic rings. The number of rotatable bonds is 7. The lowest BCUT2D eigenvalue weighted by atomic mass is 10.0. The third kappa shape index (κ3) is 6.89. The molecule has 0 aliphatic carbocycles. The van der Waals surface area contributed by atoms with Gasteiger partial charge < -0.3 is 9.97 Å². The predicted octanol–water partition coefficient (Wildman–Crippen LogP) is 13.8. The van der Waals surface area contributed by atoms with Crippen LogP contribution < -0.4 is 0 Å². The monoisotopic (exact) mass is 784 g/mol.